The quantitative estimate of drug-likeness (QED) is 0.540. The van der Waals surface area contributed by atoms with E-state index < -0.39 is 0 Å². The summed E-state index contributed by atoms with van der Waals surface area (Å²) in [5, 5.41) is 7.67. The van der Waals surface area contributed by atoms with Crippen LogP contribution in [0.5, 0.6) is 0 Å². The standard InChI is InChI=1S/C27H31N5O/c1-20-9-10-25-26(28-20)7-4-8-27(25)31-15-13-30(14-16-31)12-11-22-5-3-6-23(18-22)32-24(19-33)17-21(2)29-32/h3-10,18-19,24H,11-17H2,1-2H3. The zero-order chi connectivity index (χ0) is 22.8. The maximum Gasteiger partial charge on any atom is 0.144 e. The van der Waals surface area contributed by atoms with E-state index in [1.807, 2.05) is 24.9 Å². The Balaban J connectivity index is 1.20. The average molecular weight is 442 g/mol. The fourth-order valence-electron chi connectivity index (χ4n) is 4.91. The van der Waals surface area contributed by atoms with Gasteiger partial charge < -0.3 is 9.69 Å². The van der Waals surface area contributed by atoms with Crippen LogP contribution >= 0.6 is 0 Å². The second-order valence-electron chi connectivity index (χ2n) is 9.13. The summed E-state index contributed by atoms with van der Waals surface area (Å²) < 4.78 is 0. The molecule has 33 heavy (non-hydrogen) atoms. The van der Waals surface area contributed by atoms with Gasteiger partial charge in [0.2, 0.25) is 0 Å². The highest BCUT2D eigenvalue weighted by Crippen LogP contribution is 2.27. The number of carbonyl (C=O) groups excluding carboxylic acids is 1. The Hall–Kier alpha value is -3.25. The van der Waals surface area contributed by atoms with Crippen LogP contribution in [0.4, 0.5) is 11.4 Å². The van der Waals surface area contributed by atoms with Crippen molar-refractivity contribution in [3.8, 4) is 0 Å². The minimum atomic E-state index is -0.179. The van der Waals surface area contributed by atoms with Gasteiger partial charge >= 0.3 is 0 Å². The molecule has 6 heteroatoms. The SMILES string of the molecule is CC1=NN(c2cccc(CCN3CCN(c4cccc5nc(C)ccc45)CC3)c2)C(C=O)C1. The van der Waals surface area contributed by atoms with Crippen LogP contribution in [0.15, 0.2) is 59.7 Å². The average Bonchev–Trinajstić information content (AvgIpc) is 3.23. The number of aryl methyl sites for hydroxylation is 1. The van der Waals surface area contributed by atoms with E-state index in [-0.39, 0.29) is 6.04 Å². The zero-order valence-corrected chi connectivity index (χ0v) is 19.4. The molecule has 0 aliphatic carbocycles. The number of carbonyl (C=O) groups is 1. The number of benzene rings is 2. The largest absolute Gasteiger partial charge is 0.368 e. The molecule has 1 saturated heterocycles. The van der Waals surface area contributed by atoms with Crippen molar-refractivity contribution in [3.05, 3.63) is 65.9 Å². The molecule has 1 atom stereocenters. The molecule has 170 valence electrons. The summed E-state index contributed by atoms with van der Waals surface area (Å²) in [5.74, 6) is 0. The van der Waals surface area contributed by atoms with Crippen LogP contribution in [-0.4, -0.2) is 60.6 Å². The molecule has 0 spiro atoms. The van der Waals surface area contributed by atoms with E-state index in [2.05, 4.69) is 63.4 Å². The monoisotopic (exact) mass is 441 g/mol. The molecule has 3 heterocycles. The van der Waals surface area contributed by atoms with Gasteiger partial charge in [-0.1, -0.05) is 18.2 Å². The number of fused-ring (bicyclic) bond motifs is 1. The number of hydrazone groups is 1. The summed E-state index contributed by atoms with van der Waals surface area (Å²) >= 11 is 0. The molecule has 2 aliphatic rings. The summed E-state index contributed by atoms with van der Waals surface area (Å²) in [6.07, 6.45) is 2.71. The first-order valence-corrected chi connectivity index (χ1v) is 11.8. The molecule has 0 radical (unpaired) electrons. The highest BCUT2D eigenvalue weighted by Gasteiger charge is 2.25. The molecule has 0 saturated carbocycles. The molecule has 5 rings (SSSR count). The number of hydrogen-bond donors (Lipinski definition) is 0. The fourth-order valence-corrected chi connectivity index (χ4v) is 4.91. The maximum absolute atomic E-state index is 11.4. The summed E-state index contributed by atoms with van der Waals surface area (Å²) in [6, 6.07) is 19.0. The van der Waals surface area contributed by atoms with E-state index in [0.717, 1.165) is 68.0 Å². The van der Waals surface area contributed by atoms with Gasteiger partial charge in [0.05, 0.1) is 11.2 Å². The number of anilines is 2. The molecular weight excluding hydrogens is 410 g/mol. The minimum absolute atomic E-state index is 0.179. The lowest BCUT2D eigenvalue weighted by molar-refractivity contribution is -0.108. The molecule has 0 amide bonds. The van der Waals surface area contributed by atoms with Crippen LogP contribution in [-0.2, 0) is 11.2 Å². The smallest absolute Gasteiger partial charge is 0.144 e. The minimum Gasteiger partial charge on any atom is -0.368 e. The highest BCUT2D eigenvalue weighted by molar-refractivity contribution is 5.92. The Kier molecular flexibility index (Phi) is 6.09. The Labute approximate surface area is 195 Å². The molecular formula is C27H31N5O. The lowest BCUT2D eigenvalue weighted by Gasteiger charge is -2.36. The molecule has 1 aromatic heterocycles. The van der Waals surface area contributed by atoms with Crippen LogP contribution in [0.3, 0.4) is 0 Å². The van der Waals surface area contributed by atoms with Gasteiger partial charge in [0.15, 0.2) is 0 Å². The summed E-state index contributed by atoms with van der Waals surface area (Å²) in [4.78, 5) is 21.2. The Morgan fingerprint density at radius 3 is 2.64 bits per heavy atom. The molecule has 1 fully saturated rings. The van der Waals surface area contributed by atoms with Gasteiger partial charge in [-0.15, -0.1) is 0 Å². The van der Waals surface area contributed by atoms with Crippen molar-refractivity contribution in [2.45, 2.75) is 32.7 Å². The van der Waals surface area contributed by atoms with Crippen LogP contribution in [0, 0.1) is 6.92 Å². The van der Waals surface area contributed by atoms with Gasteiger partial charge in [-0.25, -0.2) is 0 Å². The Morgan fingerprint density at radius 1 is 1.00 bits per heavy atom. The van der Waals surface area contributed by atoms with Crippen molar-refractivity contribution in [2.75, 3.05) is 42.6 Å². The number of nitrogens with zero attached hydrogens (tertiary/aromatic N) is 5. The second-order valence-corrected chi connectivity index (χ2v) is 9.13. The first-order valence-electron chi connectivity index (χ1n) is 11.8. The van der Waals surface area contributed by atoms with E-state index in [1.165, 1.54) is 16.6 Å². The molecule has 6 nitrogen and oxygen atoms in total. The summed E-state index contributed by atoms with van der Waals surface area (Å²) in [7, 11) is 0. The van der Waals surface area contributed by atoms with Crippen molar-refractivity contribution in [2.24, 2.45) is 5.10 Å². The van der Waals surface area contributed by atoms with Crippen LogP contribution in [0.1, 0.15) is 24.6 Å². The predicted octanol–water partition coefficient (Wildman–Crippen LogP) is 4.06. The third-order valence-corrected chi connectivity index (χ3v) is 6.71. The Morgan fingerprint density at radius 2 is 1.82 bits per heavy atom. The van der Waals surface area contributed by atoms with E-state index in [4.69, 9.17) is 4.98 Å². The topological polar surface area (TPSA) is 52.0 Å². The van der Waals surface area contributed by atoms with Gasteiger partial charge in [0.25, 0.3) is 0 Å². The first-order chi connectivity index (χ1) is 16.1. The molecule has 0 N–H and O–H groups in total. The van der Waals surface area contributed by atoms with Gasteiger partial charge in [0, 0.05) is 61.6 Å². The summed E-state index contributed by atoms with van der Waals surface area (Å²) in [5.41, 5.74) is 6.72. The van der Waals surface area contributed by atoms with E-state index in [9.17, 15) is 4.79 Å². The van der Waals surface area contributed by atoms with E-state index >= 15 is 0 Å². The number of aromatic nitrogens is 1. The molecule has 2 aromatic carbocycles. The third kappa shape index (κ3) is 4.62. The number of pyridine rings is 1. The van der Waals surface area contributed by atoms with Crippen LogP contribution < -0.4 is 9.91 Å². The molecule has 0 bridgehead atoms. The van der Waals surface area contributed by atoms with E-state index in [0.29, 0.717) is 6.42 Å². The molecule has 2 aliphatic heterocycles. The number of aldehydes is 1. The fraction of sp³-hybridized carbons (Fsp3) is 0.370. The number of hydrogen-bond acceptors (Lipinski definition) is 6. The van der Waals surface area contributed by atoms with Crippen LogP contribution in [0.2, 0.25) is 0 Å². The number of rotatable bonds is 6. The van der Waals surface area contributed by atoms with Gasteiger partial charge in [-0.2, -0.15) is 5.10 Å². The zero-order valence-electron chi connectivity index (χ0n) is 19.4. The maximum atomic E-state index is 11.4. The lowest BCUT2D eigenvalue weighted by atomic mass is 10.1. The second kappa shape index (κ2) is 9.32. The van der Waals surface area contributed by atoms with Crippen molar-refractivity contribution in [1.82, 2.24) is 9.88 Å². The highest BCUT2D eigenvalue weighted by atomic mass is 16.1. The number of piperazine rings is 1. The predicted molar refractivity (Wildman–Crippen MR) is 135 cm³/mol. The van der Waals surface area contributed by atoms with Crippen molar-refractivity contribution >= 4 is 34.3 Å². The van der Waals surface area contributed by atoms with Gasteiger partial charge in [-0.05, 0) is 62.2 Å². The van der Waals surface area contributed by atoms with Crippen molar-refractivity contribution < 1.29 is 4.79 Å². The van der Waals surface area contributed by atoms with Crippen LogP contribution in [0.25, 0.3) is 10.9 Å². The first kappa shape index (κ1) is 21.6. The molecule has 3 aromatic rings. The lowest BCUT2D eigenvalue weighted by Crippen LogP contribution is -2.47. The van der Waals surface area contributed by atoms with Crippen molar-refractivity contribution in [1.29, 1.82) is 0 Å². The third-order valence-electron chi connectivity index (χ3n) is 6.71. The van der Waals surface area contributed by atoms with E-state index in [1.54, 1.807) is 0 Å². The van der Waals surface area contributed by atoms with Gasteiger partial charge in [-0.3, -0.25) is 14.9 Å². The van der Waals surface area contributed by atoms with Crippen molar-refractivity contribution in [3.63, 3.8) is 0 Å². The van der Waals surface area contributed by atoms with Gasteiger partial charge in [0.1, 0.15) is 12.3 Å². The summed E-state index contributed by atoms with van der Waals surface area (Å²) in [6.45, 7) is 9.21. The molecule has 1 unspecified atom stereocenters. The Bertz CT molecular complexity index is 1180. The normalized spacial score (nSPS) is 19.2.